The van der Waals surface area contributed by atoms with Crippen molar-refractivity contribution in [2.75, 3.05) is 7.11 Å². The van der Waals surface area contributed by atoms with Gasteiger partial charge in [0.15, 0.2) is 10.7 Å². The summed E-state index contributed by atoms with van der Waals surface area (Å²) in [6.45, 7) is 0.343. The Kier molecular flexibility index (Phi) is 3.98. The number of H-pyrrole nitrogens is 1. The molecule has 0 spiro atoms. The Bertz CT molecular complexity index is 1340. The molecule has 0 saturated carbocycles. The van der Waals surface area contributed by atoms with E-state index >= 15 is 0 Å². The van der Waals surface area contributed by atoms with Crippen LogP contribution in [0.15, 0.2) is 28.8 Å². The third kappa shape index (κ3) is 2.62. The number of nitrogens with one attached hydrogen (secondary N) is 1. The summed E-state index contributed by atoms with van der Waals surface area (Å²) in [5.74, 6) is 0. The van der Waals surface area contributed by atoms with E-state index in [4.69, 9.17) is 9.72 Å². The van der Waals surface area contributed by atoms with Crippen LogP contribution >= 0.6 is 22.7 Å². The zero-order chi connectivity index (χ0) is 19.3. The maximum absolute atomic E-state index is 13.0. The summed E-state index contributed by atoms with van der Waals surface area (Å²) in [7, 11) is 3.50. The standard InChI is InChI=1S/C17H15N7O2S2/c1-23-13-10(6-20-24(16(13)25)7-9-3-4-19-22-9)14-15(23)21-12(28-14)5-11-17(26-2)27-8-18-11/h3-4,6,8H,5,7H2,1-2H3,(H,19,22). The van der Waals surface area contributed by atoms with Crippen molar-refractivity contribution in [2.24, 2.45) is 7.05 Å². The van der Waals surface area contributed by atoms with Gasteiger partial charge in [-0.3, -0.25) is 9.89 Å². The quantitative estimate of drug-likeness (QED) is 0.474. The molecule has 1 N–H and O–H groups in total. The fourth-order valence-corrected chi connectivity index (χ4v) is 4.98. The molecule has 0 fully saturated rings. The molecule has 142 valence electrons. The number of hydrogen-bond acceptors (Lipinski definition) is 8. The number of rotatable bonds is 5. The SMILES string of the molecule is COc1scnc1Cc1nc2c(s1)c1cnn(Cc3ccn[nH]3)c(=O)c1n2C. The van der Waals surface area contributed by atoms with E-state index in [1.165, 1.54) is 16.0 Å². The molecule has 5 aromatic rings. The Balaban J connectivity index is 1.58. The predicted octanol–water partition coefficient (Wildman–Crippen LogP) is 2.17. The number of fused-ring (bicyclic) bond motifs is 3. The van der Waals surface area contributed by atoms with Crippen molar-refractivity contribution in [3.63, 3.8) is 0 Å². The van der Waals surface area contributed by atoms with Gasteiger partial charge in [0.25, 0.3) is 5.56 Å². The van der Waals surface area contributed by atoms with Crippen LogP contribution in [-0.2, 0) is 20.0 Å². The van der Waals surface area contributed by atoms with Crippen LogP contribution in [0.1, 0.15) is 16.4 Å². The molecule has 0 aliphatic heterocycles. The topological polar surface area (TPSA) is 104 Å². The number of nitrogens with zero attached hydrogens (tertiary/aromatic N) is 6. The van der Waals surface area contributed by atoms with E-state index in [9.17, 15) is 4.79 Å². The van der Waals surface area contributed by atoms with Gasteiger partial charge in [0, 0.05) is 25.1 Å². The van der Waals surface area contributed by atoms with Gasteiger partial charge in [-0.2, -0.15) is 10.2 Å². The van der Waals surface area contributed by atoms with Crippen molar-refractivity contribution >= 4 is 43.9 Å². The van der Waals surface area contributed by atoms with Crippen LogP contribution in [0.25, 0.3) is 21.3 Å². The molecule has 0 saturated heterocycles. The number of ether oxygens (including phenoxy) is 1. The monoisotopic (exact) mass is 413 g/mol. The largest absolute Gasteiger partial charge is 0.486 e. The van der Waals surface area contributed by atoms with Crippen molar-refractivity contribution in [2.45, 2.75) is 13.0 Å². The van der Waals surface area contributed by atoms with Gasteiger partial charge in [-0.1, -0.05) is 11.3 Å². The van der Waals surface area contributed by atoms with Gasteiger partial charge in [-0.05, 0) is 6.07 Å². The molecule has 28 heavy (non-hydrogen) atoms. The van der Waals surface area contributed by atoms with Gasteiger partial charge in [0.2, 0.25) is 0 Å². The molecule has 0 atom stereocenters. The Labute approximate surface area is 166 Å². The summed E-state index contributed by atoms with van der Waals surface area (Å²) < 4.78 is 9.58. The molecule has 0 amide bonds. The van der Waals surface area contributed by atoms with Crippen molar-refractivity contribution in [1.82, 2.24) is 34.5 Å². The summed E-state index contributed by atoms with van der Waals surface area (Å²) >= 11 is 3.02. The highest BCUT2D eigenvalue weighted by molar-refractivity contribution is 7.19. The number of thiazole rings is 2. The molecule has 0 aliphatic carbocycles. The van der Waals surface area contributed by atoms with E-state index in [-0.39, 0.29) is 5.56 Å². The van der Waals surface area contributed by atoms with Crippen LogP contribution in [-0.4, -0.2) is 41.6 Å². The molecular formula is C17H15N7O2S2. The molecule has 5 aromatic heterocycles. The van der Waals surface area contributed by atoms with Crippen LogP contribution in [0.2, 0.25) is 0 Å². The van der Waals surface area contributed by atoms with Crippen molar-refractivity contribution in [3.8, 4) is 5.06 Å². The zero-order valence-corrected chi connectivity index (χ0v) is 16.7. The second kappa shape index (κ2) is 6.53. The van der Waals surface area contributed by atoms with Crippen LogP contribution in [0.4, 0.5) is 0 Å². The maximum Gasteiger partial charge on any atom is 0.291 e. The summed E-state index contributed by atoms with van der Waals surface area (Å²) in [4.78, 5) is 22.1. The number of aromatic nitrogens is 7. The number of hydrogen-bond donors (Lipinski definition) is 1. The van der Waals surface area contributed by atoms with Gasteiger partial charge < -0.3 is 9.30 Å². The molecular weight excluding hydrogens is 398 g/mol. The summed E-state index contributed by atoms with van der Waals surface area (Å²) in [6, 6.07) is 1.82. The van der Waals surface area contributed by atoms with Gasteiger partial charge in [-0.25, -0.2) is 14.6 Å². The van der Waals surface area contributed by atoms with E-state index in [0.29, 0.717) is 18.5 Å². The lowest BCUT2D eigenvalue weighted by Gasteiger charge is -2.04. The van der Waals surface area contributed by atoms with Gasteiger partial charge in [-0.15, -0.1) is 11.3 Å². The van der Waals surface area contributed by atoms with Gasteiger partial charge >= 0.3 is 0 Å². The lowest BCUT2D eigenvalue weighted by molar-refractivity contribution is 0.421. The van der Waals surface area contributed by atoms with Crippen molar-refractivity contribution < 1.29 is 4.74 Å². The predicted molar refractivity (Wildman–Crippen MR) is 107 cm³/mol. The van der Waals surface area contributed by atoms with E-state index in [1.807, 2.05) is 17.7 Å². The zero-order valence-electron chi connectivity index (χ0n) is 15.0. The summed E-state index contributed by atoms with van der Waals surface area (Å²) in [6.07, 6.45) is 3.98. The highest BCUT2D eigenvalue weighted by atomic mass is 32.1. The second-order valence-electron chi connectivity index (χ2n) is 6.24. The first kappa shape index (κ1) is 17.1. The number of aryl methyl sites for hydroxylation is 1. The molecule has 9 nitrogen and oxygen atoms in total. The fourth-order valence-electron chi connectivity index (χ4n) is 3.24. The molecule has 0 unspecified atom stereocenters. The molecule has 0 aliphatic rings. The Morgan fingerprint density at radius 3 is 3.04 bits per heavy atom. The maximum atomic E-state index is 13.0. The smallest absolute Gasteiger partial charge is 0.291 e. The second-order valence-corrected chi connectivity index (χ2v) is 8.14. The normalized spacial score (nSPS) is 11.6. The summed E-state index contributed by atoms with van der Waals surface area (Å²) in [5.41, 5.74) is 4.69. The van der Waals surface area contributed by atoms with Gasteiger partial charge in [0.05, 0.1) is 35.8 Å². The molecule has 0 bridgehead atoms. The third-order valence-electron chi connectivity index (χ3n) is 4.56. The van der Waals surface area contributed by atoms with Crippen LogP contribution in [0.3, 0.4) is 0 Å². The number of methoxy groups -OCH3 is 1. The van der Waals surface area contributed by atoms with E-state index in [0.717, 1.165) is 37.2 Å². The Hall–Kier alpha value is -3.05. The minimum atomic E-state index is -0.150. The first-order valence-electron chi connectivity index (χ1n) is 8.44. The highest BCUT2D eigenvalue weighted by Gasteiger charge is 2.19. The highest BCUT2D eigenvalue weighted by Crippen LogP contribution is 2.33. The molecule has 5 heterocycles. The van der Waals surface area contributed by atoms with E-state index in [1.54, 1.807) is 36.4 Å². The minimum Gasteiger partial charge on any atom is -0.486 e. The summed E-state index contributed by atoms with van der Waals surface area (Å²) in [5, 5.41) is 13.7. The van der Waals surface area contributed by atoms with E-state index in [2.05, 4.69) is 20.3 Å². The molecule has 0 aromatic carbocycles. The number of aromatic amines is 1. The van der Waals surface area contributed by atoms with Crippen molar-refractivity contribution in [3.05, 3.63) is 50.7 Å². The average molecular weight is 413 g/mol. The molecule has 0 radical (unpaired) electrons. The lowest BCUT2D eigenvalue weighted by atomic mass is 10.3. The minimum absolute atomic E-state index is 0.150. The average Bonchev–Trinajstić information content (AvgIpc) is 3.45. The van der Waals surface area contributed by atoms with E-state index < -0.39 is 0 Å². The Morgan fingerprint density at radius 1 is 1.36 bits per heavy atom. The van der Waals surface area contributed by atoms with Crippen LogP contribution < -0.4 is 10.3 Å². The molecule has 5 rings (SSSR count). The third-order valence-corrected chi connectivity index (χ3v) is 6.46. The van der Waals surface area contributed by atoms with Crippen LogP contribution in [0.5, 0.6) is 5.06 Å². The Morgan fingerprint density at radius 2 is 2.25 bits per heavy atom. The first-order chi connectivity index (χ1) is 13.7. The van der Waals surface area contributed by atoms with Crippen LogP contribution in [0, 0.1) is 0 Å². The van der Waals surface area contributed by atoms with Crippen molar-refractivity contribution in [1.29, 1.82) is 0 Å². The first-order valence-corrected chi connectivity index (χ1v) is 10.1. The lowest BCUT2D eigenvalue weighted by Crippen LogP contribution is -2.24. The fraction of sp³-hybridized carbons (Fsp3) is 0.235. The van der Waals surface area contributed by atoms with Gasteiger partial charge in [0.1, 0.15) is 16.2 Å². The molecule has 11 heteroatoms.